The fourth-order valence-electron chi connectivity index (χ4n) is 6.26. The van der Waals surface area contributed by atoms with Crippen LogP contribution in [0.2, 0.25) is 0 Å². The number of piperidine rings is 1. The molecule has 10 nitrogen and oxygen atoms in total. The Kier molecular flexibility index (Phi) is 9.24. The van der Waals surface area contributed by atoms with Crippen LogP contribution >= 0.6 is 0 Å². The highest BCUT2D eigenvalue weighted by atomic mass is 16.3. The minimum Gasteiger partial charge on any atom is -0.382 e. The number of Topliss-reactive ketones (excluding diaryl/α,β-unsaturated/α-hetero) is 1. The summed E-state index contributed by atoms with van der Waals surface area (Å²) in [5.74, 6) is 5.95. The molecule has 0 spiro atoms. The molecule has 5 aromatic rings. The van der Waals surface area contributed by atoms with Crippen LogP contribution in [0.5, 0.6) is 0 Å². The minimum atomic E-state index is -0.857. The fourth-order valence-corrected chi connectivity index (χ4v) is 6.26. The van der Waals surface area contributed by atoms with Gasteiger partial charge in [0, 0.05) is 60.1 Å². The summed E-state index contributed by atoms with van der Waals surface area (Å²) in [5, 5.41) is 14.2. The Bertz CT molecular complexity index is 2100. The lowest BCUT2D eigenvalue weighted by molar-refractivity contribution is -0.135. The summed E-state index contributed by atoms with van der Waals surface area (Å²) < 4.78 is 3.28. The number of amides is 1. The topological polar surface area (TPSA) is 136 Å². The van der Waals surface area contributed by atoms with Gasteiger partial charge < -0.3 is 15.7 Å². The van der Waals surface area contributed by atoms with Gasteiger partial charge in [-0.2, -0.15) is 5.10 Å². The molecule has 1 aliphatic rings. The number of aliphatic hydroxyl groups is 1. The molecule has 4 heterocycles. The number of anilines is 1. The number of benzene rings is 2. The summed E-state index contributed by atoms with van der Waals surface area (Å²) in [7, 11) is 0. The molecule has 6 rings (SSSR count). The van der Waals surface area contributed by atoms with Crippen LogP contribution in [0, 0.1) is 17.8 Å². The summed E-state index contributed by atoms with van der Waals surface area (Å²) in [4.78, 5) is 45.8. The highest BCUT2D eigenvalue weighted by molar-refractivity contribution is 5.97. The lowest BCUT2D eigenvalue weighted by Gasteiger charge is -2.33. The second kappa shape index (κ2) is 13.7. The SMILES string of the molecule is CC(C)C(=O)N1CCC(c2cc(-c3ccc(CC(=O)c4cc(C#C[C@H](C)O)cn(-c5ccccc5)c4=O)cc3)c3c(N)ncnn23)CC1. The van der Waals surface area contributed by atoms with E-state index in [0.717, 1.165) is 35.2 Å². The van der Waals surface area contributed by atoms with Gasteiger partial charge in [0.2, 0.25) is 5.91 Å². The molecule has 3 aromatic heterocycles. The zero-order chi connectivity index (χ0) is 33.9. The molecular weight excluding hydrogens is 604 g/mol. The van der Waals surface area contributed by atoms with Crippen LogP contribution < -0.4 is 11.3 Å². The number of aliphatic hydroxyl groups excluding tert-OH is 1. The van der Waals surface area contributed by atoms with Crippen molar-refractivity contribution in [2.45, 2.75) is 52.1 Å². The first-order valence-corrected chi connectivity index (χ1v) is 16.2. The van der Waals surface area contributed by atoms with E-state index < -0.39 is 11.7 Å². The number of hydrogen-bond acceptors (Lipinski definition) is 7. The Morgan fingerprint density at radius 3 is 2.40 bits per heavy atom. The number of hydrogen-bond donors (Lipinski definition) is 2. The van der Waals surface area contributed by atoms with Crippen LogP contribution in [0.15, 0.2) is 84.0 Å². The van der Waals surface area contributed by atoms with Gasteiger partial charge in [-0.1, -0.05) is 68.2 Å². The summed E-state index contributed by atoms with van der Waals surface area (Å²) in [6.45, 7) is 6.80. The Balaban J connectivity index is 1.27. The molecule has 0 aliphatic carbocycles. The highest BCUT2D eigenvalue weighted by Crippen LogP contribution is 2.37. The number of carbonyl (C=O) groups excluding carboxylic acids is 2. The average Bonchev–Trinajstić information content (AvgIpc) is 3.49. The van der Waals surface area contributed by atoms with E-state index in [-0.39, 0.29) is 35.5 Å². The number of para-hydroxylation sites is 1. The van der Waals surface area contributed by atoms with E-state index in [1.54, 1.807) is 25.3 Å². The molecule has 0 unspecified atom stereocenters. The second-order valence-electron chi connectivity index (χ2n) is 12.5. The third-order valence-corrected chi connectivity index (χ3v) is 8.74. The number of carbonyl (C=O) groups is 2. The fraction of sp³-hybridized carbons (Fsp3) is 0.289. The molecule has 0 radical (unpaired) electrons. The van der Waals surface area contributed by atoms with Crippen molar-refractivity contribution in [3.63, 3.8) is 0 Å². The Labute approximate surface area is 278 Å². The summed E-state index contributed by atoms with van der Waals surface area (Å²) in [6.07, 6.45) is 3.85. The molecule has 2 aromatic carbocycles. The van der Waals surface area contributed by atoms with Crippen molar-refractivity contribution in [3.05, 3.63) is 112 Å². The zero-order valence-corrected chi connectivity index (χ0v) is 27.3. The van der Waals surface area contributed by atoms with Crippen molar-refractivity contribution >= 4 is 23.0 Å². The number of likely N-dealkylation sites (tertiary alicyclic amines) is 1. The lowest BCUT2D eigenvalue weighted by Crippen LogP contribution is -2.40. The monoisotopic (exact) mass is 642 g/mol. The number of fused-ring (bicyclic) bond motifs is 1. The molecule has 0 saturated carbocycles. The van der Waals surface area contributed by atoms with Gasteiger partial charge in [0.25, 0.3) is 5.56 Å². The summed E-state index contributed by atoms with van der Waals surface area (Å²) in [6, 6.07) is 20.3. The van der Waals surface area contributed by atoms with E-state index in [2.05, 4.69) is 28.0 Å². The summed E-state index contributed by atoms with van der Waals surface area (Å²) >= 11 is 0. The van der Waals surface area contributed by atoms with Crippen molar-refractivity contribution in [1.82, 2.24) is 24.1 Å². The number of rotatable bonds is 7. The quantitative estimate of drug-likeness (QED) is 0.195. The normalized spacial score (nSPS) is 14.1. The van der Waals surface area contributed by atoms with Crippen molar-refractivity contribution in [2.24, 2.45) is 5.92 Å². The number of ketones is 1. The van der Waals surface area contributed by atoms with Gasteiger partial charge in [0.05, 0.1) is 5.56 Å². The molecule has 48 heavy (non-hydrogen) atoms. The molecule has 1 fully saturated rings. The molecule has 1 saturated heterocycles. The van der Waals surface area contributed by atoms with E-state index in [0.29, 0.717) is 35.7 Å². The van der Waals surface area contributed by atoms with Crippen LogP contribution in [-0.2, 0) is 11.2 Å². The molecule has 1 atom stereocenters. The number of pyridine rings is 1. The molecule has 1 aliphatic heterocycles. The van der Waals surface area contributed by atoms with Gasteiger partial charge in [-0.25, -0.2) is 9.50 Å². The van der Waals surface area contributed by atoms with Gasteiger partial charge in [0.1, 0.15) is 17.9 Å². The zero-order valence-electron chi connectivity index (χ0n) is 27.3. The van der Waals surface area contributed by atoms with Crippen LogP contribution in [0.3, 0.4) is 0 Å². The van der Waals surface area contributed by atoms with Gasteiger partial charge in [-0.3, -0.25) is 19.0 Å². The third-order valence-electron chi connectivity index (χ3n) is 8.74. The predicted molar refractivity (Wildman–Crippen MR) is 185 cm³/mol. The average molecular weight is 643 g/mol. The predicted octanol–water partition coefficient (Wildman–Crippen LogP) is 4.65. The van der Waals surface area contributed by atoms with Crippen LogP contribution in [0.25, 0.3) is 22.3 Å². The molecule has 10 heteroatoms. The van der Waals surface area contributed by atoms with Crippen molar-refractivity contribution in [3.8, 4) is 28.7 Å². The third kappa shape index (κ3) is 6.64. The first kappa shape index (κ1) is 32.4. The maximum absolute atomic E-state index is 13.6. The Morgan fingerprint density at radius 2 is 1.73 bits per heavy atom. The molecule has 1 amide bonds. The number of nitrogen functional groups attached to an aromatic ring is 1. The number of nitrogens with two attached hydrogens (primary N) is 1. The van der Waals surface area contributed by atoms with E-state index in [1.807, 2.05) is 65.7 Å². The molecule has 244 valence electrons. The molecular formula is C38H38N6O4. The Morgan fingerprint density at radius 1 is 1.02 bits per heavy atom. The van der Waals surface area contributed by atoms with E-state index in [9.17, 15) is 19.5 Å². The van der Waals surface area contributed by atoms with Gasteiger partial charge in [0.15, 0.2) is 11.6 Å². The van der Waals surface area contributed by atoms with Gasteiger partial charge in [-0.05, 0) is 55.2 Å². The Hall–Kier alpha value is -5.53. The maximum atomic E-state index is 13.6. The number of aromatic nitrogens is 4. The van der Waals surface area contributed by atoms with Gasteiger partial charge in [-0.15, -0.1) is 0 Å². The summed E-state index contributed by atoms with van der Waals surface area (Å²) in [5.41, 5.74) is 11.3. The molecule has 3 N–H and O–H groups in total. The second-order valence-corrected chi connectivity index (χ2v) is 12.5. The first-order valence-electron chi connectivity index (χ1n) is 16.2. The lowest BCUT2D eigenvalue weighted by atomic mass is 9.92. The van der Waals surface area contributed by atoms with Crippen LogP contribution in [-0.4, -0.2) is 60.1 Å². The van der Waals surface area contributed by atoms with Crippen LogP contribution in [0.1, 0.15) is 66.7 Å². The standard InChI is InChI=1S/C38H38N6O4/c1-24(2)37(47)42-17-15-29(16-18-42)33-21-31(35-36(39)40-23-41-44(33)35)28-13-11-26(12-14-28)20-34(46)32-19-27(10-9-25(3)45)22-43(38(32)48)30-7-5-4-6-8-30/h4-8,11-14,19,21-25,29,45H,15-18,20H2,1-3H3,(H2,39,40,41)/t25-/m0/s1. The van der Waals surface area contributed by atoms with Gasteiger partial charge >= 0.3 is 0 Å². The van der Waals surface area contributed by atoms with E-state index in [1.165, 1.54) is 17.0 Å². The van der Waals surface area contributed by atoms with Crippen molar-refractivity contribution < 1.29 is 14.7 Å². The van der Waals surface area contributed by atoms with Crippen molar-refractivity contribution in [1.29, 1.82) is 0 Å². The minimum absolute atomic E-state index is 0.0122. The smallest absolute Gasteiger partial charge is 0.266 e. The van der Waals surface area contributed by atoms with E-state index >= 15 is 0 Å². The first-order chi connectivity index (χ1) is 23.1. The van der Waals surface area contributed by atoms with Crippen LogP contribution in [0.4, 0.5) is 5.82 Å². The van der Waals surface area contributed by atoms with E-state index in [4.69, 9.17) is 5.73 Å². The largest absolute Gasteiger partial charge is 0.382 e. The number of nitrogens with zero attached hydrogens (tertiary/aromatic N) is 5. The highest BCUT2D eigenvalue weighted by Gasteiger charge is 2.28. The maximum Gasteiger partial charge on any atom is 0.266 e. The van der Waals surface area contributed by atoms with Crippen molar-refractivity contribution in [2.75, 3.05) is 18.8 Å². The molecule has 0 bridgehead atoms.